The average molecular weight is 444 g/mol. The monoisotopic (exact) mass is 443 g/mol. The summed E-state index contributed by atoms with van der Waals surface area (Å²) in [6, 6.07) is 25.6. The highest BCUT2D eigenvalue weighted by Gasteiger charge is 2.30. The first-order chi connectivity index (χ1) is 15.6. The minimum absolute atomic E-state index is 0.183. The molecule has 1 heterocycles. The van der Waals surface area contributed by atoms with Crippen molar-refractivity contribution < 1.29 is 4.79 Å². The number of anilines is 1. The van der Waals surface area contributed by atoms with E-state index in [0.29, 0.717) is 18.2 Å². The van der Waals surface area contributed by atoms with E-state index in [-0.39, 0.29) is 5.91 Å². The highest BCUT2D eigenvalue weighted by molar-refractivity contribution is 7.80. The van der Waals surface area contributed by atoms with E-state index in [1.54, 1.807) is 11.9 Å². The van der Waals surface area contributed by atoms with Gasteiger partial charge in [0.2, 0.25) is 6.17 Å². The Kier molecular flexibility index (Phi) is 6.58. The van der Waals surface area contributed by atoms with Gasteiger partial charge in [0, 0.05) is 31.3 Å². The number of thiocarbonyl (C=S) groups is 1. The first-order valence-electron chi connectivity index (χ1n) is 10.4. The van der Waals surface area contributed by atoms with E-state index in [9.17, 15) is 4.79 Å². The zero-order valence-electron chi connectivity index (χ0n) is 17.8. The molecule has 0 aliphatic carbocycles. The smallest absolute Gasteiger partial charge is 0.272 e. The number of hydrogen-bond acceptors (Lipinski definition) is 4. The van der Waals surface area contributed by atoms with Crippen LogP contribution in [0, 0.1) is 0 Å². The molecule has 6 nitrogen and oxygen atoms in total. The number of rotatable bonds is 5. The Morgan fingerprint density at radius 1 is 1.03 bits per heavy atom. The van der Waals surface area contributed by atoms with Crippen LogP contribution in [-0.4, -0.2) is 29.9 Å². The predicted octanol–water partition coefficient (Wildman–Crippen LogP) is 2.95. The third-order valence-electron chi connectivity index (χ3n) is 5.34. The molecule has 3 aromatic carbocycles. The number of benzene rings is 3. The molecule has 0 fully saturated rings. The second kappa shape index (κ2) is 9.72. The van der Waals surface area contributed by atoms with E-state index in [1.165, 1.54) is 0 Å². The molecule has 0 spiro atoms. The molecule has 3 aromatic rings. The maximum Gasteiger partial charge on any atom is 0.272 e. The molecule has 1 amide bonds. The Morgan fingerprint density at radius 3 is 2.53 bits per heavy atom. The molecule has 0 aromatic heterocycles. The molecular weight excluding hydrogens is 418 g/mol. The SMILES string of the molecule is CN1C(=O)C(NC(=S)NCc2cccc(CN)c2)N=C(c2ccccc2)c2ccccc21. The van der Waals surface area contributed by atoms with Crippen LogP contribution in [0.3, 0.4) is 0 Å². The highest BCUT2D eigenvalue weighted by Crippen LogP contribution is 2.27. The fourth-order valence-electron chi connectivity index (χ4n) is 3.67. The molecule has 1 aliphatic rings. The van der Waals surface area contributed by atoms with Gasteiger partial charge in [-0.25, -0.2) is 4.99 Å². The highest BCUT2D eigenvalue weighted by atomic mass is 32.1. The number of aliphatic imine (C=N–C) groups is 1. The van der Waals surface area contributed by atoms with Crippen LogP contribution < -0.4 is 21.3 Å². The Morgan fingerprint density at radius 2 is 1.75 bits per heavy atom. The number of hydrogen-bond donors (Lipinski definition) is 3. The molecule has 1 aliphatic heterocycles. The summed E-state index contributed by atoms with van der Waals surface area (Å²) < 4.78 is 0. The van der Waals surface area contributed by atoms with Gasteiger partial charge < -0.3 is 21.3 Å². The Bertz CT molecular complexity index is 1160. The van der Waals surface area contributed by atoms with Gasteiger partial charge >= 0.3 is 0 Å². The lowest BCUT2D eigenvalue weighted by Crippen LogP contribution is -2.49. The van der Waals surface area contributed by atoms with E-state index in [0.717, 1.165) is 33.7 Å². The van der Waals surface area contributed by atoms with E-state index in [1.807, 2.05) is 78.9 Å². The number of nitrogens with one attached hydrogen (secondary N) is 2. The second-order valence-corrected chi connectivity index (χ2v) is 7.92. The number of nitrogens with zero attached hydrogens (tertiary/aromatic N) is 2. The van der Waals surface area contributed by atoms with Gasteiger partial charge in [0.05, 0.1) is 11.4 Å². The standard InChI is InChI=1S/C25H25N5OS/c1-30-21-13-6-5-12-20(21)22(19-10-3-2-4-11-19)28-23(24(30)31)29-25(32)27-16-18-9-7-8-17(14-18)15-26/h2-14,23H,15-16,26H2,1H3,(H2,27,29,32). The molecule has 0 saturated carbocycles. The number of nitrogens with two attached hydrogens (primary N) is 1. The molecule has 4 rings (SSSR count). The maximum absolute atomic E-state index is 13.2. The number of fused-ring (bicyclic) bond motifs is 1. The van der Waals surface area contributed by atoms with Gasteiger partial charge in [-0.2, -0.15) is 0 Å². The van der Waals surface area contributed by atoms with Gasteiger partial charge in [-0.15, -0.1) is 0 Å². The lowest BCUT2D eigenvalue weighted by molar-refractivity contribution is -0.119. The van der Waals surface area contributed by atoms with Crippen molar-refractivity contribution in [2.45, 2.75) is 19.3 Å². The minimum atomic E-state index is -0.849. The van der Waals surface area contributed by atoms with Gasteiger partial charge in [-0.3, -0.25) is 4.79 Å². The van der Waals surface area contributed by atoms with E-state index < -0.39 is 6.17 Å². The number of amides is 1. The van der Waals surface area contributed by atoms with Gasteiger partial charge in [-0.1, -0.05) is 72.8 Å². The van der Waals surface area contributed by atoms with Crippen molar-refractivity contribution in [3.8, 4) is 0 Å². The fourth-order valence-corrected chi connectivity index (χ4v) is 3.85. The van der Waals surface area contributed by atoms with E-state index in [4.69, 9.17) is 22.9 Å². The fraction of sp³-hybridized carbons (Fsp3) is 0.160. The Balaban J connectivity index is 1.58. The van der Waals surface area contributed by atoms with E-state index >= 15 is 0 Å². The first kappa shape index (κ1) is 21.7. The molecule has 162 valence electrons. The molecule has 1 unspecified atom stereocenters. The van der Waals surface area contributed by atoms with Crippen molar-refractivity contribution in [3.05, 3.63) is 101 Å². The number of benzodiazepines with no additional fused rings is 1. The van der Waals surface area contributed by atoms with Crippen molar-refractivity contribution in [3.63, 3.8) is 0 Å². The number of carbonyl (C=O) groups is 1. The predicted molar refractivity (Wildman–Crippen MR) is 133 cm³/mol. The second-order valence-electron chi connectivity index (χ2n) is 7.51. The van der Waals surface area contributed by atoms with Gasteiger partial charge in [0.1, 0.15) is 0 Å². The number of likely N-dealkylation sites (N-methyl/N-ethyl adjacent to an activating group) is 1. The van der Waals surface area contributed by atoms with Crippen LogP contribution in [0.1, 0.15) is 22.3 Å². The van der Waals surface area contributed by atoms with Crippen LogP contribution in [0.25, 0.3) is 0 Å². The van der Waals surface area contributed by atoms with Crippen LogP contribution in [0.4, 0.5) is 5.69 Å². The van der Waals surface area contributed by atoms with Gasteiger partial charge in [0.15, 0.2) is 5.11 Å². The molecule has 0 bridgehead atoms. The molecule has 4 N–H and O–H groups in total. The quantitative estimate of drug-likeness (QED) is 0.528. The zero-order chi connectivity index (χ0) is 22.5. The summed E-state index contributed by atoms with van der Waals surface area (Å²) in [6.07, 6.45) is -0.849. The van der Waals surface area contributed by atoms with Crippen LogP contribution in [-0.2, 0) is 17.9 Å². The molecular formula is C25H25N5OS. The average Bonchev–Trinajstić information content (AvgIpc) is 2.94. The van der Waals surface area contributed by atoms with E-state index in [2.05, 4.69) is 10.6 Å². The summed E-state index contributed by atoms with van der Waals surface area (Å²) in [7, 11) is 1.76. The number of para-hydroxylation sites is 1. The third-order valence-corrected chi connectivity index (χ3v) is 5.60. The van der Waals surface area contributed by atoms with Gasteiger partial charge in [0.25, 0.3) is 5.91 Å². The lowest BCUT2D eigenvalue weighted by atomic mass is 10.0. The maximum atomic E-state index is 13.2. The van der Waals surface area contributed by atoms with Crippen LogP contribution in [0.5, 0.6) is 0 Å². The summed E-state index contributed by atoms with van der Waals surface area (Å²) in [5.41, 5.74) is 11.2. The first-order valence-corrected chi connectivity index (χ1v) is 10.8. The summed E-state index contributed by atoms with van der Waals surface area (Å²) >= 11 is 5.49. The molecule has 32 heavy (non-hydrogen) atoms. The van der Waals surface area contributed by atoms with Crippen LogP contribution in [0.2, 0.25) is 0 Å². The van der Waals surface area contributed by atoms with Crippen molar-refractivity contribution in [2.75, 3.05) is 11.9 Å². The largest absolute Gasteiger partial charge is 0.359 e. The topological polar surface area (TPSA) is 82.8 Å². The van der Waals surface area contributed by atoms with Gasteiger partial charge in [-0.05, 0) is 29.4 Å². The van der Waals surface area contributed by atoms with Crippen molar-refractivity contribution in [1.82, 2.24) is 10.6 Å². The lowest BCUT2D eigenvalue weighted by Gasteiger charge is -2.22. The molecule has 7 heteroatoms. The number of carbonyl (C=O) groups excluding carboxylic acids is 1. The minimum Gasteiger partial charge on any atom is -0.359 e. The Labute approximate surface area is 193 Å². The summed E-state index contributed by atoms with van der Waals surface area (Å²) in [5.74, 6) is -0.183. The van der Waals surface area contributed by atoms with Crippen molar-refractivity contribution in [1.29, 1.82) is 0 Å². The Hall–Kier alpha value is -3.55. The van der Waals surface area contributed by atoms with Crippen molar-refractivity contribution >= 4 is 34.6 Å². The van der Waals surface area contributed by atoms with Crippen LogP contribution in [0.15, 0.2) is 83.9 Å². The molecule has 0 saturated heterocycles. The summed E-state index contributed by atoms with van der Waals surface area (Å²) in [4.78, 5) is 19.7. The van der Waals surface area contributed by atoms with Crippen molar-refractivity contribution in [2.24, 2.45) is 10.7 Å². The van der Waals surface area contributed by atoms with Crippen LogP contribution >= 0.6 is 12.2 Å². The molecule has 1 atom stereocenters. The summed E-state index contributed by atoms with van der Waals surface area (Å²) in [6.45, 7) is 1.00. The molecule has 0 radical (unpaired) electrons. The zero-order valence-corrected chi connectivity index (χ0v) is 18.6. The third kappa shape index (κ3) is 4.69. The summed E-state index contributed by atoms with van der Waals surface area (Å²) in [5, 5.41) is 6.62. The normalized spacial score (nSPS) is 15.4.